The molecular weight excluding hydrogens is 549 g/mol. The van der Waals surface area contributed by atoms with E-state index in [2.05, 4.69) is 5.16 Å². The molecule has 194 valence electrons. The first-order chi connectivity index (χ1) is 18.3. The van der Waals surface area contributed by atoms with Crippen LogP contribution in [-0.2, 0) is 0 Å². The molecule has 9 heteroatoms. The molecule has 2 aliphatic carbocycles. The van der Waals surface area contributed by atoms with Gasteiger partial charge in [0, 0.05) is 16.5 Å². The van der Waals surface area contributed by atoms with Crippen LogP contribution in [0.5, 0.6) is 5.75 Å². The van der Waals surface area contributed by atoms with Gasteiger partial charge in [-0.1, -0.05) is 64.2 Å². The molecule has 3 atom stereocenters. The highest BCUT2D eigenvalue weighted by atomic mass is 35.5. The van der Waals surface area contributed by atoms with Gasteiger partial charge in [0.15, 0.2) is 0 Å². The molecule has 0 spiro atoms. The molecular formula is C29H22Cl3NO5. The molecule has 0 bridgehead atoms. The quantitative estimate of drug-likeness (QED) is 0.207. The van der Waals surface area contributed by atoms with Crippen LogP contribution in [0.1, 0.15) is 76.1 Å². The number of benzene rings is 3. The monoisotopic (exact) mass is 569 g/mol. The molecule has 4 aromatic rings. The van der Waals surface area contributed by atoms with Crippen LogP contribution in [0.3, 0.4) is 0 Å². The van der Waals surface area contributed by atoms with Crippen LogP contribution in [0.25, 0.3) is 11.3 Å². The topological polar surface area (TPSA) is 92.8 Å². The number of rotatable bonds is 8. The van der Waals surface area contributed by atoms with Crippen molar-refractivity contribution in [1.82, 2.24) is 5.16 Å². The van der Waals surface area contributed by atoms with Crippen molar-refractivity contribution in [2.75, 3.05) is 0 Å². The van der Waals surface area contributed by atoms with E-state index in [1.54, 1.807) is 42.5 Å². The Labute approximate surface area is 233 Å². The minimum absolute atomic E-state index is 0.160. The second kappa shape index (κ2) is 9.93. The lowest BCUT2D eigenvalue weighted by atomic mass is 10.0. The molecule has 2 N–H and O–H groups in total. The number of aliphatic hydroxyl groups excluding tert-OH is 1. The summed E-state index contributed by atoms with van der Waals surface area (Å²) >= 11 is 19.5. The summed E-state index contributed by atoms with van der Waals surface area (Å²) in [6, 6.07) is 17.5. The molecule has 0 aliphatic heterocycles. The van der Waals surface area contributed by atoms with Gasteiger partial charge in [-0.15, -0.1) is 0 Å². The van der Waals surface area contributed by atoms with Crippen LogP contribution in [0.15, 0.2) is 65.2 Å². The normalized spacial score (nSPS) is 19.3. The molecule has 6 nitrogen and oxygen atoms in total. The molecule has 2 aliphatic rings. The number of aromatic carboxylic acids is 1. The van der Waals surface area contributed by atoms with Crippen LogP contribution >= 0.6 is 34.8 Å². The number of aromatic nitrogens is 1. The number of aliphatic hydroxyl groups is 1. The van der Waals surface area contributed by atoms with Crippen LogP contribution in [0.4, 0.5) is 0 Å². The van der Waals surface area contributed by atoms with Gasteiger partial charge in [0.05, 0.1) is 21.2 Å². The lowest BCUT2D eigenvalue weighted by Gasteiger charge is -2.16. The Hall–Kier alpha value is -3.03. The number of nitrogens with zero attached hydrogens (tertiary/aromatic N) is 1. The van der Waals surface area contributed by atoms with Crippen molar-refractivity contribution in [3.05, 3.63) is 104 Å². The Balaban J connectivity index is 1.23. The average molecular weight is 571 g/mol. The molecule has 1 heterocycles. The third kappa shape index (κ3) is 4.78. The summed E-state index contributed by atoms with van der Waals surface area (Å²) in [5, 5.41) is 25.8. The van der Waals surface area contributed by atoms with Gasteiger partial charge in [-0.2, -0.15) is 0 Å². The second-order valence-corrected chi connectivity index (χ2v) is 10.9. The van der Waals surface area contributed by atoms with Gasteiger partial charge in [0.2, 0.25) is 6.29 Å². The van der Waals surface area contributed by atoms with Crippen molar-refractivity contribution in [3.8, 4) is 17.0 Å². The van der Waals surface area contributed by atoms with E-state index in [1.807, 2.05) is 18.2 Å². The molecule has 6 rings (SSSR count). The number of hydrogen-bond acceptors (Lipinski definition) is 5. The maximum Gasteiger partial charge on any atom is 0.335 e. The van der Waals surface area contributed by atoms with Gasteiger partial charge in [-0.05, 0) is 78.6 Å². The molecule has 1 aromatic heterocycles. The molecule has 3 aromatic carbocycles. The van der Waals surface area contributed by atoms with E-state index in [-0.39, 0.29) is 23.3 Å². The summed E-state index contributed by atoms with van der Waals surface area (Å²) in [6.07, 6.45) is 1.42. The molecule has 2 saturated carbocycles. The number of halogens is 3. The van der Waals surface area contributed by atoms with Gasteiger partial charge >= 0.3 is 5.97 Å². The minimum atomic E-state index is -1.37. The zero-order chi connectivity index (χ0) is 26.6. The maximum absolute atomic E-state index is 11.2. The van der Waals surface area contributed by atoms with E-state index in [4.69, 9.17) is 49.2 Å². The predicted octanol–water partition coefficient (Wildman–Crippen LogP) is 8.22. The van der Waals surface area contributed by atoms with Crippen molar-refractivity contribution in [2.45, 2.75) is 43.3 Å². The van der Waals surface area contributed by atoms with E-state index in [1.165, 1.54) is 0 Å². The lowest BCUT2D eigenvalue weighted by molar-refractivity contribution is -0.0203. The Bertz CT molecular complexity index is 1510. The Morgan fingerprint density at radius 1 is 0.974 bits per heavy atom. The summed E-state index contributed by atoms with van der Waals surface area (Å²) in [6.45, 7) is 0. The van der Waals surface area contributed by atoms with E-state index < -0.39 is 12.3 Å². The fourth-order valence-electron chi connectivity index (χ4n) is 4.94. The van der Waals surface area contributed by atoms with Crippen LogP contribution in [0.2, 0.25) is 15.1 Å². The molecule has 0 radical (unpaired) electrons. The molecule has 0 saturated heterocycles. The van der Waals surface area contributed by atoms with Crippen LogP contribution in [-0.4, -0.2) is 21.3 Å². The zero-order valence-electron chi connectivity index (χ0n) is 19.9. The van der Waals surface area contributed by atoms with Gasteiger partial charge < -0.3 is 19.5 Å². The number of hydrogen-bond donors (Lipinski definition) is 2. The summed E-state index contributed by atoms with van der Waals surface area (Å²) in [7, 11) is 0. The zero-order valence-corrected chi connectivity index (χ0v) is 22.2. The van der Waals surface area contributed by atoms with Crippen molar-refractivity contribution in [2.24, 2.45) is 0 Å². The highest BCUT2D eigenvalue weighted by molar-refractivity contribution is 6.39. The Morgan fingerprint density at radius 2 is 1.68 bits per heavy atom. The first-order valence-electron chi connectivity index (χ1n) is 12.2. The summed E-state index contributed by atoms with van der Waals surface area (Å²) in [5.41, 5.74) is 3.57. The summed E-state index contributed by atoms with van der Waals surface area (Å²) in [4.78, 5) is 11.1. The molecule has 38 heavy (non-hydrogen) atoms. The highest BCUT2D eigenvalue weighted by Gasteiger charge is 2.41. The number of carboxylic acids is 1. The van der Waals surface area contributed by atoms with Gasteiger partial charge in [0.1, 0.15) is 17.2 Å². The van der Waals surface area contributed by atoms with E-state index in [9.17, 15) is 9.90 Å². The third-order valence-electron chi connectivity index (χ3n) is 7.15. The molecule has 2 fully saturated rings. The van der Waals surface area contributed by atoms with Crippen LogP contribution in [0, 0.1) is 0 Å². The van der Waals surface area contributed by atoms with E-state index in [0.29, 0.717) is 43.4 Å². The third-order valence-corrected chi connectivity index (χ3v) is 8.10. The van der Waals surface area contributed by atoms with Gasteiger partial charge in [0.25, 0.3) is 0 Å². The number of carboxylic acid groups (broad SMARTS) is 1. The van der Waals surface area contributed by atoms with Gasteiger partial charge in [-0.25, -0.2) is 4.79 Å². The smallest absolute Gasteiger partial charge is 0.335 e. The summed E-state index contributed by atoms with van der Waals surface area (Å²) in [5.74, 6) is 0.684. The average Bonchev–Trinajstić information content (AvgIpc) is 3.82. The predicted molar refractivity (Wildman–Crippen MR) is 144 cm³/mol. The summed E-state index contributed by atoms with van der Waals surface area (Å²) < 4.78 is 11.6. The van der Waals surface area contributed by atoms with E-state index in [0.717, 1.165) is 30.4 Å². The van der Waals surface area contributed by atoms with Crippen LogP contribution < -0.4 is 4.74 Å². The van der Waals surface area contributed by atoms with Crippen molar-refractivity contribution >= 4 is 40.8 Å². The first-order valence-corrected chi connectivity index (χ1v) is 13.4. The van der Waals surface area contributed by atoms with Crippen molar-refractivity contribution < 1.29 is 24.3 Å². The fourth-order valence-corrected chi connectivity index (χ4v) is 5.83. The lowest BCUT2D eigenvalue weighted by Crippen LogP contribution is -2.09. The minimum Gasteiger partial charge on any atom is -0.478 e. The number of carbonyl (C=O) groups is 1. The second-order valence-electron chi connectivity index (χ2n) is 9.71. The first kappa shape index (κ1) is 25.3. The van der Waals surface area contributed by atoms with Gasteiger partial charge in [-0.3, -0.25) is 0 Å². The molecule has 0 amide bonds. The maximum atomic E-state index is 11.2. The SMILES string of the molecule is O=C(O)c1ccc(C2C[C@@H]2c2ccc(OC(O)c3c(-c4c(Cl)cccc4Cl)noc3C3CC3)cc2Cl)cc1. The molecule has 2 unspecified atom stereocenters. The largest absolute Gasteiger partial charge is 0.478 e. The number of ether oxygens (including phenoxy) is 1. The fraction of sp³-hybridized carbons (Fsp3) is 0.241. The van der Waals surface area contributed by atoms with Crippen molar-refractivity contribution in [1.29, 1.82) is 0 Å². The standard InChI is InChI=1S/C29H22Cl3NO5/c30-21-2-1-3-22(31)24(21)26-25(27(38-33-26)15-6-7-15)29(36)37-17-10-11-18(23(32)12-17)20-13-19(20)14-4-8-16(9-5-14)28(34)35/h1-5,8-12,15,19-20,29,36H,6-7,13H2,(H,34,35)/t19?,20-,29?/m1/s1. The highest BCUT2D eigenvalue weighted by Crippen LogP contribution is 2.56. The Morgan fingerprint density at radius 3 is 2.32 bits per heavy atom. The van der Waals surface area contributed by atoms with E-state index >= 15 is 0 Å². The Kier molecular flexibility index (Phi) is 6.60. The van der Waals surface area contributed by atoms with Crippen molar-refractivity contribution in [3.63, 3.8) is 0 Å².